The van der Waals surface area contributed by atoms with Crippen LogP contribution < -0.4 is 10.5 Å². The highest BCUT2D eigenvalue weighted by atomic mass is 32.1. The van der Waals surface area contributed by atoms with Gasteiger partial charge in [0, 0.05) is 9.58 Å². The molecule has 7 nitrogen and oxygen atoms in total. The van der Waals surface area contributed by atoms with E-state index in [0.29, 0.717) is 17.2 Å². The van der Waals surface area contributed by atoms with E-state index in [1.807, 2.05) is 48.7 Å². The molecule has 1 atom stereocenters. The van der Waals surface area contributed by atoms with Crippen LogP contribution in [0.4, 0.5) is 4.79 Å². The summed E-state index contributed by atoms with van der Waals surface area (Å²) in [5.41, 5.74) is 5.40. The minimum absolute atomic E-state index is 0.125. The molecule has 166 valence electrons. The number of nitrogens with two attached hydrogens (primary N) is 1. The molecular weight excluding hydrogens is 436 g/mol. The lowest BCUT2D eigenvalue weighted by Crippen LogP contribution is -2.24. The second-order valence-corrected chi connectivity index (χ2v) is 9.66. The van der Waals surface area contributed by atoms with Crippen molar-refractivity contribution >= 4 is 44.7 Å². The van der Waals surface area contributed by atoms with Crippen molar-refractivity contribution in [2.75, 3.05) is 13.2 Å². The molecular formula is C22H26N2O5S2. The molecule has 0 aliphatic heterocycles. The van der Waals surface area contributed by atoms with E-state index in [1.165, 1.54) is 11.3 Å². The van der Waals surface area contributed by atoms with Crippen LogP contribution in [0, 0.1) is 0 Å². The number of fused-ring (bicyclic) bond motifs is 1. The second kappa shape index (κ2) is 10.2. The SMILES string of the molecule is CCOOCC(Oc1ccc2cc(/C(N)=N/C(=O)OC(C)(C)C)sc2c1)c1cccs1. The van der Waals surface area contributed by atoms with E-state index in [4.69, 9.17) is 25.0 Å². The molecule has 2 aromatic heterocycles. The first kappa shape index (κ1) is 23.2. The van der Waals surface area contributed by atoms with Crippen LogP contribution in [0.5, 0.6) is 5.75 Å². The summed E-state index contributed by atoms with van der Waals surface area (Å²) in [7, 11) is 0. The fourth-order valence-corrected chi connectivity index (χ4v) is 4.39. The van der Waals surface area contributed by atoms with Crippen LogP contribution in [-0.4, -0.2) is 30.7 Å². The minimum Gasteiger partial charge on any atom is -0.482 e. The molecule has 1 amide bonds. The highest BCUT2D eigenvalue weighted by Crippen LogP contribution is 2.32. The van der Waals surface area contributed by atoms with Crippen LogP contribution >= 0.6 is 22.7 Å². The zero-order valence-corrected chi connectivity index (χ0v) is 19.5. The van der Waals surface area contributed by atoms with Crippen molar-refractivity contribution < 1.29 is 24.0 Å². The van der Waals surface area contributed by atoms with E-state index < -0.39 is 11.7 Å². The molecule has 0 aliphatic rings. The van der Waals surface area contributed by atoms with E-state index in [2.05, 4.69) is 4.99 Å². The lowest BCUT2D eigenvalue weighted by Gasteiger charge is -2.17. The zero-order chi connectivity index (χ0) is 22.4. The Balaban J connectivity index is 1.77. The van der Waals surface area contributed by atoms with Gasteiger partial charge in [0.2, 0.25) is 0 Å². The van der Waals surface area contributed by atoms with E-state index in [0.717, 1.165) is 15.0 Å². The smallest absolute Gasteiger partial charge is 0.436 e. The van der Waals surface area contributed by atoms with Gasteiger partial charge >= 0.3 is 6.09 Å². The molecule has 0 bridgehead atoms. The number of ether oxygens (including phenoxy) is 2. The molecule has 31 heavy (non-hydrogen) atoms. The number of carbonyl (C=O) groups excluding carboxylic acids is 1. The molecule has 1 unspecified atom stereocenters. The Hall–Kier alpha value is -2.46. The van der Waals surface area contributed by atoms with E-state index in [9.17, 15) is 4.79 Å². The predicted molar refractivity (Wildman–Crippen MR) is 124 cm³/mol. The van der Waals surface area contributed by atoms with Crippen molar-refractivity contribution in [1.29, 1.82) is 0 Å². The van der Waals surface area contributed by atoms with Crippen molar-refractivity contribution in [3.63, 3.8) is 0 Å². The van der Waals surface area contributed by atoms with E-state index in [1.54, 1.807) is 32.1 Å². The molecule has 2 heterocycles. The Morgan fingerprint density at radius 2 is 2.00 bits per heavy atom. The summed E-state index contributed by atoms with van der Waals surface area (Å²) in [6, 6.07) is 11.6. The van der Waals surface area contributed by atoms with Crippen LogP contribution in [0.2, 0.25) is 0 Å². The largest absolute Gasteiger partial charge is 0.482 e. The van der Waals surface area contributed by atoms with Gasteiger partial charge in [-0.1, -0.05) is 6.07 Å². The van der Waals surface area contributed by atoms with E-state index in [-0.39, 0.29) is 18.5 Å². The number of nitrogens with zero attached hydrogens (tertiary/aromatic N) is 1. The summed E-state index contributed by atoms with van der Waals surface area (Å²) >= 11 is 3.02. The maximum Gasteiger partial charge on any atom is 0.436 e. The maximum absolute atomic E-state index is 11.9. The van der Waals surface area contributed by atoms with Crippen LogP contribution in [-0.2, 0) is 14.5 Å². The van der Waals surface area contributed by atoms with Gasteiger partial charge in [-0.15, -0.1) is 22.7 Å². The number of hydrogen-bond acceptors (Lipinski definition) is 7. The number of aliphatic imine (C=N–C) groups is 1. The van der Waals surface area contributed by atoms with Gasteiger partial charge in [0.15, 0.2) is 6.10 Å². The second-order valence-electron chi connectivity index (χ2n) is 7.60. The number of thiophene rings is 2. The van der Waals surface area contributed by atoms with Gasteiger partial charge < -0.3 is 15.2 Å². The molecule has 0 fully saturated rings. The normalized spacial score (nSPS) is 13.4. The highest BCUT2D eigenvalue weighted by molar-refractivity contribution is 7.20. The number of carbonyl (C=O) groups is 1. The quantitative estimate of drug-likeness (QED) is 0.152. The number of hydrogen-bond donors (Lipinski definition) is 1. The average Bonchev–Trinajstić information content (AvgIpc) is 3.35. The zero-order valence-electron chi connectivity index (χ0n) is 17.9. The van der Waals surface area contributed by atoms with Gasteiger partial charge in [-0.3, -0.25) is 0 Å². The van der Waals surface area contributed by atoms with Gasteiger partial charge in [-0.2, -0.15) is 4.99 Å². The Morgan fingerprint density at radius 3 is 2.68 bits per heavy atom. The molecule has 0 aliphatic carbocycles. The van der Waals surface area contributed by atoms with Gasteiger partial charge in [-0.05, 0) is 68.8 Å². The predicted octanol–water partition coefficient (Wildman–Crippen LogP) is 5.69. The number of rotatable bonds is 8. The third kappa shape index (κ3) is 6.76. The molecule has 0 radical (unpaired) electrons. The summed E-state index contributed by atoms with van der Waals surface area (Å²) in [6.45, 7) is 7.94. The average molecular weight is 463 g/mol. The molecule has 0 spiro atoms. The first-order valence-corrected chi connectivity index (χ1v) is 11.5. The number of benzene rings is 1. The minimum atomic E-state index is -0.709. The van der Waals surface area contributed by atoms with Crippen molar-refractivity contribution in [2.24, 2.45) is 10.7 Å². The molecule has 9 heteroatoms. The first-order valence-electron chi connectivity index (χ1n) is 9.80. The molecule has 2 N–H and O–H groups in total. The van der Waals surface area contributed by atoms with Crippen molar-refractivity contribution in [1.82, 2.24) is 0 Å². The summed E-state index contributed by atoms with van der Waals surface area (Å²) in [5, 5.41) is 2.97. The summed E-state index contributed by atoms with van der Waals surface area (Å²) in [6.07, 6.45) is -0.998. The number of amides is 1. The third-order valence-electron chi connectivity index (χ3n) is 3.91. The van der Waals surface area contributed by atoms with Gasteiger partial charge in [0.1, 0.15) is 23.8 Å². The Bertz CT molecular complexity index is 1040. The van der Waals surface area contributed by atoms with Crippen LogP contribution in [0.25, 0.3) is 10.1 Å². The van der Waals surface area contributed by atoms with Crippen molar-refractivity contribution in [3.8, 4) is 5.75 Å². The van der Waals surface area contributed by atoms with Gasteiger partial charge in [0.25, 0.3) is 0 Å². The molecule has 1 aromatic carbocycles. The van der Waals surface area contributed by atoms with Crippen LogP contribution in [0.1, 0.15) is 43.6 Å². The standard InChI is InChI=1S/C22H26N2O5S2/c1-5-26-27-13-16(17-7-6-10-30-17)28-15-9-8-14-11-19(31-18(14)12-15)20(23)24-21(25)29-22(2,3)4/h6-12,16H,5,13H2,1-4H3,(H2,23,24,25). The Kier molecular flexibility index (Phi) is 7.66. The summed E-state index contributed by atoms with van der Waals surface area (Å²) < 4.78 is 12.3. The molecule has 3 aromatic rings. The Labute approximate surface area is 189 Å². The Morgan fingerprint density at radius 1 is 1.19 bits per heavy atom. The number of amidine groups is 1. The fourth-order valence-electron chi connectivity index (χ4n) is 2.66. The van der Waals surface area contributed by atoms with Crippen molar-refractivity contribution in [2.45, 2.75) is 39.4 Å². The fraction of sp³-hybridized carbons (Fsp3) is 0.364. The van der Waals surface area contributed by atoms with Crippen LogP contribution in [0.15, 0.2) is 46.8 Å². The molecule has 0 saturated carbocycles. The van der Waals surface area contributed by atoms with Crippen LogP contribution in [0.3, 0.4) is 0 Å². The van der Waals surface area contributed by atoms with Gasteiger partial charge in [0.05, 0.1) is 11.5 Å². The summed E-state index contributed by atoms with van der Waals surface area (Å²) in [5.74, 6) is 0.821. The lowest BCUT2D eigenvalue weighted by molar-refractivity contribution is -0.300. The monoisotopic (exact) mass is 462 g/mol. The topological polar surface area (TPSA) is 92.4 Å². The van der Waals surface area contributed by atoms with Crippen molar-refractivity contribution in [3.05, 3.63) is 51.5 Å². The third-order valence-corrected chi connectivity index (χ3v) is 5.99. The highest BCUT2D eigenvalue weighted by Gasteiger charge is 2.18. The van der Waals surface area contributed by atoms with Gasteiger partial charge in [-0.25, -0.2) is 14.6 Å². The molecule has 3 rings (SSSR count). The summed E-state index contributed by atoms with van der Waals surface area (Å²) in [4.78, 5) is 27.8. The van der Waals surface area contributed by atoms with E-state index >= 15 is 0 Å². The molecule has 0 saturated heterocycles. The first-order chi connectivity index (χ1) is 14.7. The maximum atomic E-state index is 11.9. The lowest BCUT2D eigenvalue weighted by atomic mass is 10.2.